The molecule has 5 heteroatoms. The van der Waals surface area contributed by atoms with Crippen molar-refractivity contribution in [3.63, 3.8) is 0 Å². The summed E-state index contributed by atoms with van der Waals surface area (Å²) >= 11 is -3.62. The molecule has 0 bridgehead atoms. The molecule has 0 unspecified atom stereocenters. The predicted molar refractivity (Wildman–Crippen MR) is 237 cm³/mol. The van der Waals surface area contributed by atoms with E-state index in [0.717, 1.165) is 67.0 Å². The van der Waals surface area contributed by atoms with Crippen LogP contribution in [0.4, 0.5) is 0 Å². The van der Waals surface area contributed by atoms with Crippen LogP contribution in [0.1, 0.15) is 0 Å². The van der Waals surface area contributed by atoms with Crippen molar-refractivity contribution in [1.29, 1.82) is 0 Å². The van der Waals surface area contributed by atoms with Crippen LogP contribution >= 0.6 is 0 Å². The topological polar surface area (TPSA) is 43.9 Å². The van der Waals surface area contributed by atoms with E-state index in [0.29, 0.717) is 0 Å². The molecule has 11 aromatic rings. The third-order valence-electron chi connectivity index (χ3n) is 11.9. The Morgan fingerprint density at radius 2 is 1.04 bits per heavy atom. The Bertz CT molecular complexity index is 3300. The molecule has 0 spiro atoms. The van der Waals surface area contributed by atoms with E-state index in [1.807, 2.05) is 12.1 Å². The van der Waals surface area contributed by atoms with Gasteiger partial charge in [-0.15, -0.1) is 0 Å². The first-order valence-corrected chi connectivity index (χ1v) is 23.6. The fourth-order valence-electron chi connectivity index (χ4n) is 9.55. The van der Waals surface area contributed by atoms with Crippen LogP contribution in [0.15, 0.2) is 205 Å². The van der Waals surface area contributed by atoms with E-state index >= 15 is 0 Å². The van der Waals surface area contributed by atoms with E-state index < -0.39 is 13.3 Å². The minimum absolute atomic E-state index is 0.724. The molecule has 0 atom stereocenters. The molecule has 266 valence electrons. The minimum atomic E-state index is -3.62. The molecule has 0 N–H and O–H groups in total. The van der Waals surface area contributed by atoms with Crippen molar-refractivity contribution in [2.75, 3.05) is 0 Å². The van der Waals surface area contributed by atoms with E-state index in [-0.39, 0.29) is 0 Å². The number of rotatable bonds is 5. The van der Waals surface area contributed by atoms with Gasteiger partial charge in [-0.3, -0.25) is 0 Å². The van der Waals surface area contributed by atoms with E-state index in [9.17, 15) is 0 Å². The molecule has 1 aliphatic heterocycles. The van der Waals surface area contributed by atoms with Crippen molar-refractivity contribution in [3.05, 3.63) is 200 Å². The Morgan fingerprint density at radius 1 is 0.421 bits per heavy atom. The standard InChI is InChI=1S/C52H33GeN3O/c1-4-16-34(17-5-1)50-49-51(39-22-10-13-25-42(39)53(49,36-18-6-2-7-19-36)37-20-8-3-9-21-37)55-52(54-50)35-28-30-38(31-29-35)56-43-26-14-11-23-40(43)47-44(56)32-33-46-48(47)41-24-12-15-27-45(41)57-46/h1-33H. The molecule has 12 rings (SSSR count). The molecule has 1 aliphatic rings. The molecule has 4 heterocycles. The normalized spacial score (nSPS) is 13.1. The summed E-state index contributed by atoms with van der Waals surface area (Å²) in [4.78, 5) is 11.1. The van der Waals surface area contributed by atoms with Crippen LogP contribution in [0, 0.1) is 0 Å². The van der Waals surface area contributed by atoms with Crippen molar-refractivity contribution >= 4 is 74.6 Å². The van der Waals surface area contributed by atoms with Crippen molar-refractivity contribution in [1.82, 2.24) is 14.5 Å². The third-order valence-corrected chi connectivity index (χ3v) is 22.1. The number of furan rings is 1. The van der Waals surface area contributed by atoms with Gasteiger partial charge in [0.25, 0.3) is 0 Å². The van der Waals surface area contributed by atoms with E-state index in [2.05, 4.69) is 193 Å². The molecule has 57 heavy (non-hydrogen) atoms. The SMILES string of the molecule is c1ccc(-c2nc(-c3ccc(-n4c5ccccc5c5c6c(ccc54)oc4ccccc46)cc3)nc3[c]2[Ge]([c]2ccccc2)([c]2ccccc2)[c]2ccccc2-3)cc1. The first-order chi connectivity index (χ1) is 28.3. The van der Waals surface area contributed by atoms with Gasteiger partial charge in [0, 0.05) is 5.39 Å². The van der Waals surface area contributed by atoms with Crippen LogP contribution in [0.25, 0.3) is 83.3 Å². The summed E-state index contributed by atoms with van der Waals surface area (Å²) < 4.78 is 14.1. The number of benzene rings is 8. The van der Waals surface area contributed by atoms with Crippen molar-refractivity contribution < 1.29 is 4.42 Å². The van der Waals surface area contributed by atoms with Crippen molar-refractivity contribution in [2.45, 2.75) is 0 Å². The van der Waals surface area contributed by atoms with Gasteiger partial charge < -0.3 is 4.42 Å². The summed E-state index contributed by atoms with van der Waals surface area (Å²) in [5.74, 6) is 0.724. The van der Waals surface area contributed by atoms with Crippen LogP contribution in [-0.4, -0.2) is 27.8 Å². The van der Waals surface area contributed by atoms with Gasteiger partial charge in [0.15, 0.2) is 0 Å². The molecule has 0 saturated carbocycles. The number of nitrogens with zero attached hydrogens (tertiary/aromatic N) is 3. The monoisotopic (exact) mass is 789 g/mol. The Kier molecular flexibility index (Phi) is 7.07. The molecule has 0 radical (unpaired) electrons. The predicted octanol–water partition coefficient (Wildman–Crippen LogP) is 10.2. The molecule has 8 aromatic carbocycles. The van der Waals surface area contributed by atoms with Crippen LogP contribution in [-0.2, 0) is 0 Å². The van der Waals surface area contributed by atoms with Gasteiger partial charge in [0.1, 0.15) is 11.2 Å². The number of hydrogen-bond donors (Lipinski definition) is 0. The van der Waals surface area contributed by atoms with Gasteiger partial charge >= 0.3 is 282 Å². The zero-order chi connectivity index (χ0) is 37.5. The van der Waals surface area contributed by atoms with Gasteiger partial charge in [0.05, 0.1) is 0 Å². The molecule has 0 amide bonds. The molecule has 0 fully saturated rings. The van der Waals surface area contributed by atoms with E-state index in [4.69, 9.17) is 14.4 Å². The maximum atomic E-state index is 6.33. The number of para-hydroxylation sites is 2. The first-order valence-electron chi connectivity index (χ1n) is 19.4. The van der Waals surface area contributed by atoms with E-state index in [1.54, 1.807) is 0 Å². The average molecular weight is 788 g/mol. The third kappa shape index (κ3) is 4.62. The van der Waals surface area contributed by atoms with Crippen molar-refractivity contribution in [2.24, 2.45) is 0 Å². The van der Waals surface area contributed by atoms with Gasteiger partial charge in [-0.05, 0) is 6.07 Å². The van der Waals surface area contributed by atoms with Crippen LogP contribution in [0.3, 0.4) is 0 Å². The fourth-order valence-corrected chi connectivity index (χ4v) is 20.5. The first kappa shape index (κ1) is 32.2. The second-order valence-electron chi connectivity index (χ2n) is 14.8. The molecule has 0 aliphatic carbocycles. The van der Waals surface area contributed by atoms with Crippen LogP contribution in [0.5, 0.6) is 0 Å². The van der Waals surface area contributed by atoms with Crippen LogP contribution < -0.4 is 17.6 Å². The maximum absolute atomic E-state index is 6.33. The Balaban J connectivity index is 1.09. The Hall–Kier alpha value is -7.02. The summed E-state index contributed by atoms with van der Waals surface area (Å²) in [7, 11) is 0. The number of fused-ring (bicyclic) bond motifs is 10. The van der Waals surface area contributed by atoms with Crippen molar-refractivity contribution in [3.8, 4) is 39.6 Å². The quantitative estimate of drug-likeness (QED) is 0.163. The van der Waals surface area contributed by atoms with Gasteiger partial charge in [-0.1, -0.05) is 24.3 Å². The van der Waals surface area contributed by atoms with Gasteiger partial charge in [-0.2, -0.15) is 0 Å². The molecule has 3 aromatic heterocycles. The zero-order valence-corrected chi connectivity index (χ0v) is 32.9. The fraction of sp³-hybridized carbons (Fsp3) is 0. The number of hydrogen-bond acceptors (Lipinski definition) is 3. The second-order valence-corrected chi connectivity index (χ2v) is 22.6. The summed E-state index contributed by atoms with van der Waals surface area (Å²) in [6, 6.07) is 72.1. The van der Waals surface area contributed by atoms with Crippen LogP contribution in [0.2, 0.25) is 0 Å². The second kappa shape index (κ2) is 12.5. The molecular weight excluding hydrogens is 755 g/mol. The van der Waals surface area contributed by atoms with Gasteiger partial charge in [0.2, 0.25) is 0 Å². The Morgan fingerprint density at radius 3 is 1.79 bits per heavy atom. The van der Waals surface area contributed by atoms with E-state index in [1.165, 1.54) is 33.9 Å². The molecule has 0 saturated heterocycles. The summed E-state index contributed by atoms with van der Waals surface area (Å²) in [6.45, 7) is 0. The number of aromatic nitrogens is 3. The average Bonchev–Trinajstić information content (AvgIpc) is 3.93. The zero-order valence-electron chi connectivity index (χ0n) is 30.8. The van der Waals surface area contributed by atoms with Gasteiger partial charge in [-0.25, -0.2) is 0 Å². The molecule has 4 nitrogen and oxygen atoms in total. The summed E-state index contributed by atoms with van der Waals surface area (Å²) in [5.41, 5.74) is 10.5. The Labute approximate surface area is 331 Å². The molecular formula is C52H33GeN3O. The summed E-state index contributed by atoms with van der Waals surface area (Å²) in [5, 5.41) is 4.69. The summed E-state index contributed by atoms with van der Waals surface area (Å²) in [6.07, 6.45) is 0.